The van der Waals surface area contributed by atoms with Crippen molar-refractivity contribution in [2.45, 2.75) is 45.5 Å². The molecule has 0 atom stereocenters. The standard InChI is InChI=1S/C27H26FN7O3.C2HF3O2/c1-2-3-12-34-24-23(26(37)35(27(34)38)15-18-6-4-5-7-20(18)28)32-22(33-24)13-17-8-10-19(11-9-17)31-25(36)21-14-29-16-30-21;3-2(4,5)1(6)7/h4-11,14,16H,2-3,12-13,15H2,1H3,(H,29,30)(H,31,36)(H,32,33);(H,6,7). The second kappa shape index (κ2) is 13.8. The van der Waals surface area contributed by atoms with Crippen LogP contribution in [0, 0.1) is 5.82 Å². The molecule has 236 valence electrons. The smallest absolute Gasteiger partial charge is 0.475 e. The molecule has 0 aliphatic rings. The van der Waals surface area contributed by atoms with Crippen molar-refractivity contribution in [1.82, 2.24) is 29.1 Å². The van der Waals surface area contributed by atoms with Gasteiger partial charge in [0.15, 0.2) is 5.65 Å². The van der Waals surface area contributed by atoms with Crippen LogP contribution in [-0.4, -0.2) is 52.2 Å². The van der Waals surface area contributed by atoms with Crippen molar-refractivity contribution in [1.29, 1.82) is 0 Å². The molecule has 16 heteroatoms. The molecule has 0 aliphatic heterocycles. The predicted molar refractivity (Wildman–Crippen MR) is 155 cm³/mol. The van der Waals surface area contributed by atoms with Gasteiger partial charge in [0, 0.05) is 24.2 Å². The highest BCUT2D eigenvalue weighted by Crippen LogP contribution is 2.16. The van der Waals surface area contributed by atoms with Crippen molar-refractivity contribution in [2.24, 2.45) is 0 Å². The van der Waals surface area contributed by atoms with E-state index in [4.69, 9.17) is 9.90 Å². The number of carboxylic acid groups (broad SMARTS) is 1. The number of aliphatic carboxylic acids is 1. The fourth-order valence-electron chi connectivity index (χ4n) is 4.23. The summed E-state index contributed by atoms with van der Waals surface area (Å²) in [5.74, 6) is -3.02. The molecule has 0 fully saturated rings. The van der Waals surface area contributed by atoms with Crippen molar-refractivity contribution < 1.29 is 32.3 Å². The normalized spacial score (nSPS) is 11.2. The number of fused-ring (bicyclic) bond motifs is 1. The van der Waals surface area contributed by atoms with Crippen LogP contribution in [-0.2, 0) is 24.3 Å². The molecule has 0 saturated heterocycles. The molecule has 5 aromatic rings. The van der Waals surface area contributed by atoms with Crippen molar-refractivity contribution >= 4 is 28.7 Å². The number of hydrogen-bond acceptors (Lipinski definition) is 6. The molecule has 4 N–H and O–H groups in total. The Balaban J connectivity index is 0.000000591. The molecular weight excluding hydrogens is 602 g/mol. The number of hydrogen-bond donors (Lipinski definition) is 4. The predicted octanol–water partition coefficient (Wildman–Crippen LogP) is 4.07. The maximum atomic E-state index is 14.3. The summed E-state index contributed by atoms with van der Waals surface area (Å²) in [5, 5.41) is 9.91. The number of nitrogens with one attached hydrogen (secondary N) is 3. The number of benzene rings is 2. The number of rotatable bonds is 9. The fourth-order valence-corrected chi connectivity index (χ4v) is 4.23. The average Bonchev–Trinajstić information content (AvgIpc) is 3.68. The molecule has 3 heterocycles. The van der Waals surface area contributed by atoms with Gasteiger partial charge in [-0.25, -0.2) is 23.9 Å². The summed E-state index contributed by atoms with van der Waals surface area (Å²) in [6.07, 6.45) is -0.266. The maximum absolute atomic E-state index is 14.3. The number of carboxylic acids is 1. The van der Waals surface area contributed by atoms with Gasteiger partial charge in [0.25, 0.3) is 11.5 Å². The van der Waals surface area contributed by atoms with E-state index in [2.05, 4.69) is 25.3 Å². The molecule has 0 aliphatic carbocycles. The Morgan fingerprint density at radius 3 is 2.33 bits per heavy atom. The van der Waals surface area contributed by atoms with E-state index in [0.29, 0.717) is 30.2 Å². The number of aryl methyl sites for hydroxylation is 1. The van der Waals surface area contributed by atoms with Crippen molar-refractivity contribution in [3.05, 3.63) is 110 Å². The van der Waals surface area contributed by atoms with E-state index in [1.165, 1.54) is 23.2 Å². The zero-order valence-corrected chi connectivity index (χ0v) is 23.7. The number of halogens is 4. The van der Waals surface area contributed by atoms with Gasteiger partial charge in [-0.2, -0.15) is 13.2 Å². The Hall–Kier alpha value is -5.54. The molecule has 0 bridgehead atoms. The highest BCUT2D eigenvalue weighted by Gasteiger charge is 2.38. The lowest BCUT2D eigenvalue weighted by molar-refractivity contribution is -0.192. The molecular formula is C29H27F4N7O5. The summed E-state index contributed by atoms with van der Waals surface area (Å²) in [7, 11) is 0. The summed E-state index contributed by atoms with van der Waals surface area (Å²) in [4.78, 5) is 62.0. The van der Waals surface area contributed by atoms with E-state index in [1.807, 2.05) is 19.1 Å². The molecule has 0 radical (unpaired) electrons. The third-order valence-electron chi connectivity index (χ3n) is 6.50. The SMILES string of the molecule is CCCCn1c(=O)n(Cc2ccccc2F)c(=O)c2[nH]c(Cc3ccc(NC(=O)c4cnc[nH]4)cc3)nc21.O=C(O)C(F)(F)F. The number of aromatic amines is 2. The minimum absolute atomic E-state index is 0.174. The van der Waals surface area contributed by atoms with Gasteiger partial charge in [-0.05, 0) is 30.2 Å². The van der Waals surface area contributed by atoms with Crippen molar-refractivity contribution in [2.75, 3.05) is 5.32 Å². The first kappa shape index (κ1) is 32.4. The van der Waals surface area contributed by atoms with Crippen LogP contribution < -0.4 is 16.6 Å². The second-order valence-corrected chi connectivity index (χ2v) is 9.75. The number of imidazole rings is 2. The van der Waals surface area contributed by atoms with E-state index in [1.54, 1.807) is 30.3 Å². The van der Waals surface area contributed by atoms with Crippen LogP contribution in [0.15, 0.2) is 70.6 Å². The summed E-state index contributed by atoms with van der Waals surface area (Å²) >= 11 is 0. The number of H-pyrrole nitrogens is 2. The molecule has 5 rings (SSSR count). The Labute approximate surface area is 251 Å². The lowest BCUT2D eigenvalue weighted by Gasteiger charge is -2.11. The molecule has 0 saturated carbocycles. The number of nitrogens with zero attached hydrogens (tertiary/aromatic N) is 4. The highest BCUT2D eigenvalue weighted by atomic mass is 19.4. The topological polar surface area (TPSA) is 168 Å². The van der Waals surface area contributed by atoms with Crippen LogP contribution in [0.5, 0.6) is 0 Å². The lowest BCUT2D eigenvalue weighted by atomic mass is 10.1. The zero-order valence-electron chi connectivity index (χ0n) is 23.7. The Bertz CT molecular complexity index is 1910. The molecule has 45 heavy (non-hydrogen) atoms. The minimum Gasteiger partial charge on any atom is -0.475 e. The van der Waals surface area contributed by atoms with Gasteiger partial charge in [-0.1, -0.05) is 43.7 Å². The van der Waals surface area contributed by atoms with E-state index in [-0.39, 0.29) is 29.2 Å². The first-order valence-electron chi connectivity index (χ1n) is 13.5. The van der Waals surface area contributed by atoms with Crippen molar-refractivity contribution in [3.63, 3.8) is 0 Å². The van der Waals surface area contributed by atoms with Crippen LogP contribution in [0.4, 0.5) is 23.2 Å². The molecule has 3 aromatic heterocycles. The van der Waals surface area contributed by atoms with Crippen LogP contribution in [0.3, 0.4) is 0 Å². The number of alkyl halides is 3. The van der Waals surface area contributed by atoms with Crippen LogP contribution in [0.2, 0.25) is 0 Å². The van der Waals surface area contributed by atoms with Gasteiger partial charge in [0.05, 0.1) is 19.1 Å². The van der Waals surface area contributed by atoms with Gasteiger partial charge in [-0.3, -0.25) is 18.7 Å². The molecule has 12 nitrogen and oxygen atoms in total. The monoisotopic (exact) mass is 629 g/mol. The van der Waals surface area contributed by atoms with Gasteiger partial charge in [-0.15, -0.1) is 0 Å². The van der Waals surface area contributed by atoms with E-state index in [0.717, 1.165) is 23.0 Å². The summed E-state index contributed by atoms with van der Waals surface area (Å²) in [5.41, 5.74) is 1.54. The summed E-state index contributed by atoms with van der Waals surface area (Å²) in [6.45, 7) is 2.22. The van der Waals surface area contributed by atoms with Gasteiger partial charge < -0.3 is 20.4 Å². The fraction of sp³-hybridized carbons (Fsp3) is 0.241. The largest absolute Gasteiger partial charge is 0.490 e. The maximum Gasteiger partial charge on any atom is 0.490 e. The number of amides is 1. The number of anilines is 1. The van der Waals surface area contributed by atoms with Crippen LogP contribution >= 0.6 is 0 Å². The quantitative estimate of drug-likeness (QED) is 0.178. The number of carbonyl (C=O) groups is 2. The van der Waals surface area contributed by atoms with Crippen LogP contribution in [0.25, 0.3) is 11.2 Å². The molecule has 2 aromatic carbocycles. The highest BCUT2D eigenvalue weighted by molar-refractivity contribution is 6.02. The first-order valence-corrected chi connectivity index (χ1v) is 13.5. The molecule has 0 spiro atoms. The third kappa shape index (κ3) is 7.90. The van der Waals surface area contributed by atoms with Gasteiger partial charge >= 0.3 is 17.8 Å². The van der Waals surface area contributed by atoms with E-state index < -0.39 is 29.2 Å². The zero-order chi connectivity index (χ0) is 32.7. The van der Waals surface area contributed by atoms with Crippen LogP contribution in [0.1, 0.15) is 47.2 Å². The van der Waals surface area contributed by atoms with Crippen molar-refractivity contribution in [3.8, 4) is 0 Å². The average molecular weight is 630 g/mol. The Kier molecular flexibility index (Phi) is 9.95. The first-order chi connectivity index (χ1) is 21.4. The van der Waals surface area contributed by atoms with Gasteiger partial charge in [0.2, 0.25) is 0 Å². The Morgan fingerprint density at radius 1 is 1.04 bits per heavy atom. The lowest BCUT2D eigenvalue weighted by Crippen LogP contribution is -2.40. The number of aromatic nitrogens is 6. The number of carbonyl (C=O) groups excluding carboxylic acids is 1. The second-order valence-electron chi connectivity index (χ2n) is 9.75. The molecule has 1 amide bonds. The summed E-state index contributed by atoms with van der Waals surface area (Å²) < 4.78 is 48.6. The third-order valence-corrected chi connectivity index (χ3v) is 6.50. The van der Waals surface area contributed by atoms with E-state index in [9.17, 15) is 31.9 Å². The minimum atomic E-state index is -5.08. The van der Waals surface area contributed by atoms with E-state index >= 15 is 0 Å². The summed E-state index contributed by atoms with van der Waals surface area (Å²) in [6, 6.07) is 13.3. The Morgan fingerprint density at radius 2 is 1.73 bits per heavy atom. The molecule has 0 unspecified atom stereocenters. The number of unbranched alkanes of at least 4 members (excludes halogenated alkanes) is 1. The van der Waals surface area contributed by atoms with Gasteiger partial charge in [0.1, 0.15) is 22.9 Å².